The van der Waals surface area contributed by atoms with Crippen molar-refractivity contribution in [2.24, 2.45) is 7.05 Å². The molecule has 4 rings (SSSR count). The largest absolute Gasteiger partial charge is 0.378 e. The van der Waals surface area contributed by atoms with E-state index in [1.54, 1.807) is 47.0 Å². The fourth-order valence-electron chi connectivity index (χ4n) is 3.42. The number of carbonyl (C=O) groups excluding carboxylic acids is 1. The second-order valence-corrected chi connectivity index (χ2v) is 7.34. The van der Waals surface area contributed by atoms with Crippen molar-refractivity contribution in [3.8, 4) is 0 Å². The Hall–Kier alpha value is -3.79. The highest BCUT2D eigenvalue weighted by Crippen LogP contribution is 2.21. The quantitative estimate of drug-likeness (QED) is 0.489. The van der Waals surface area contributed by atoms with Crippen LogP contribution in [0.15, 0.2) is 42.7 Å². The summed E-state index contributed by atoms with van der Waals surface area (Å²) >= 11 is 0. The van der Waals surface area contributed by atoms with E-state index in [-0.39, 0.29) is 19.7 Å². The first-order valence-corrected chi connectivity index (χ1v) is 10.2. The summed E-state index contributed by atoms with van der Waals surface area (Å²) in [5, 5.41) is 13.7. The van der Waals surface area contributed by atoms with Crippen molar-refractivity contribution in [2.45, 2.75) is 6.54 Å². The van der Waals surface area contributed by atoms with Crippen LogP contribution in [0.5, 0.6) is 0 Å². The monoisotopic (exact) mass is 439 g/mol. The molecule has 32 heavy (non-hydrogen) atoms. The van der Waals surface area contributed by atoms with E-state index in [0.717, 1.165) is 6.21 Å². The van der Waals surface area contributed by atoms with Gasteiger partial charge in [-0.25, -0.2) is 9.37 Å². The number of ether oxygens (including phenoxy) is 1. The van der Waals surface area contributed by atoms with Gasteiger partial charge in [0, 0.05) is 52.3 Å². The van der Waals surface area contributed by atoms with Crippen molar-refractivity contribution in [3.05, 3.63) is 65.4 Å². The summed E-state index contributed by atoms with van der Waals surface area (Å²) in [5.74, 6) is 0.325. The third kappa shape index (κ3) is 4.75. The molecule has 10 heteroatoms. The summed E-state index contributed by atoms with van der Waals surface area (Å²) in [7, 11) is 1.80. The first kappa shape index (κ1) is 21.4. The number of hydrogen-bond acceptors (Lipinski definition) is 7. The average molecular weight is 439 g/mol. The molecule has 168 valence electrons. The maximum absolute atomic E-state index is 13.9. The highest BCUT2D eigenvalue weighted by molar-refractivity contribution is 5.94. The SMILES string of the molecule is Cn1cc(Nc2ncc(C=N)c(NCc3ccccc3F)n2)cc1C(=O)N1CCOCC1.[HH]. The summed E-state index contributed by atoms with van der Waals surface area (Å²) < 4.78 is 21.0. The second kappa shape index (κ2) is 9.56. The minimum Gasteiger partial charge on any atom is -0.378 e. The van der Waals surface area contributed by atoms with Crippen LogP contribution in [0.2, 0.25) is 0 Å². The van der Waals surface area contributed by atoms with Gasteiger partial charge in [-0.15, -0.1) is 0 Å². The van der Waals surface area contributed by atoms with Gasteiger partial charge in [-0.1, -0.05) is 18.2 Å². The summed E-state index contributed by atoms with van der Waals surface area (Å²) in [6.45, 7) is 2.43. The number of hydrogen-bond donors (Lipinski definition) is 3. The maximum Gasteiger partial charge on any atom is 0.270 e. The molecule has 3 N–H and O–H groups in total. The van der Waals surface area contributed by atoms with Gasteiger partial charge in [0.1, 0.15) is 17.3 Å². The number of carbonyl (C=O) groups is 1. The zero-order chi connectivity index (χ0) is 22.5. The lowest BCUT2D eigenvalue weighted by Crippen LogP contribution is -2.41. The Labute approximate surface area is 186 Å². The summed E-state index contributed by atoms with van der Waals surface area (Å²) in [6, 6.07) is 8.22. The highest BCUT2D eigenvalue weighted by Gasteiger charge is 2.21. The van der Waals surface area contributed by atoms with Crippen LogP contribution < -0.4 is 10.6 Å². The lowest BCUT2D eigenvalue weighted by molar-refractivity contribution is 0.0296. The van der Waals surface area contributed by atoms with E-state index in [0.29, 0.717) is 60.6 Å². The maximum atomic E-state index is 13.9. The van der Waals surface area contributed by atoms with Gasteiger partial charge in [-0.3, -0.25) is 4.79 Å². The number of anilines is 3. The number of aryl methyl sites for hydroxylation is 1. The van der Waals surface area contributed by atoms with Crippen molar-refractivity contribution >= 4 is 29.6 Å². The van der Waals surface area contributed by atoms with E-state index in [2.05, 4.69) is 20.6 Å². The molecule has 0 spiro atoms. The van der Waals surface area contributed by atoms with Gasteiger partial charge in [0.05, 0.1) is 24.5 Å². The molecule has 1 aromatic carbocycles. The minimum absolute atomic E-state index is 0. The van der Waals surface area contributed by atoms with E-state index in [4.69, 9.17) is 10.1 Å². The zero-order valence-electron chi connectivity index (χ0n) is 17.6. The van der Waals surface area contributed by atoms with Crippen LogP contribution >= 0.6 is 0 Å². The van der Waals surface area contributed by atoms with Crippen molar-refractivity contribution < 1.29 is 15.3 Å². The van der Waals surface area contributed by atoms with Crippen LogP contribution in [0.4, 0.5) is 21.8 Å². The number of amides is 1. The number of aromatic nitrogens is 3. The van der Waals surface area contributed by atoms with E-state index in [1.807, 2.05) is 0 Å². The van der Waals surface area contributed by atoms with E-state index in [9.17, 15) is 9.18 Å². The molecule has 9 nitrogen and oxygen atoms in total. The number of halogens is 1. The van der Waals surface area contributed by atoms with Crippen LogP contribution in [-0.2, 0) is 18.3 Å². The molecule has 2 aromatic heterocycles. The lowest BCUT2D eigenvalue weighted by atomic mass is 10.2. The average Bonchev–Trinajstić information content (AvgIpc) is 3.18. The Kier molecular flexibility index (Phi) is 6.41. The standard InChI is InChI=1S/C22H24FN7O2.H2/c1-29-14-17(10-19(29)21(31)30-6-8-32-9-7-30)27-22-26-13-16(11-24)20(28-22)25-12-15-4-2-3-5-18(15)23;/h2-5,10-11,13-14,24H,6-9,12H2,1H3,(H2,25,26,27,28);1H. The minimum atomic E-state index is -0.314. The summed E-state index contributed by atoms with van der Waals surface area (Å²) in [6.07, 6.45) is 4.43. The Morgan fingerprint density at radius 2 is 2.12 bits per heavy atom. The summed E-state index contributed by atoms with van der Waals surface area (Å²) in [4.78, 5) is 23.2. The molecule has 1 saturated heterocycles. The number of benzene rings is 1. The smallest absolute Gasteiger partial charge is 0.270 e. The third-order valence-corrected chi connectivity index (χ3v) is 5.16. The van der Waals surface area contributed by atoms with Crippen molar-refractivity contribution in [3.63, 3.8) is 0 Å². The van der Waals surface area contributed by atoms with Crippen molar-refractivity contribution in [2.75, 3.05) is 36.9 Å². The summed E-state index contributed by atoms with van der Waals surface area (Å²) in [5.41, 5.74) is 2.17. The number of morpholine rings is 1. The van der Waals surface area contributed by atoms with Gasteiger partial charge in [0.2, 0.25) is 5.95 Å². The molecule has 0 unspecified atom stereocenters. The van der Waals surface area contributed by atoms with Crippen LogP contribution in [0.25, 0.3) is 0 Å². The Bertz CT molecular complexity index is 1130. The second-order valence-electron chi connectivity index (χ2n) is 7.34. The Morgan fingerprint density at radius 3 is 2.88 bits per heavy atom. The molecule has 1 aliphatic heterocycles. The first-order valence-electron chi connectivity index (χ1n) is 10.2. The lowest BCUT2D eigenvalue weighted by Gasteiger charge is -2.26. The van der Waals surface area contributed by atoms with E-state index in [1.165, 1.54) is 12.3 Å². The fraction of sp³-hybridized carbons (Fsp3) is 0.273. The molecule has 0 radical (unpaired) electrons. The van der Waals surface area contributed by atoms with E-state index < -0.39 is 0 Å². The Morgan fingerprint density at radius 1 is 1.34 bits per heavy atom. The molecular formula is C22H26FN7O2. The predicted octanol–water partition coefficient (Wildman–Crippen LogP) is 3.03. The molecule has 3 heterocycles. The van der Waals surface area contributed by atoms with Gasteiger partial charge in [0.15, 0.2) is 0 Å². The molecule has 0 aliphatic carbocycles. The van der Waals surface area contributed by atoms with Crippen molar-refractivity contribution in [1.82, 2.24) is 19.4 Å². The van der Waals surface area contributed by atoms with Gasteiger partial charge < -0.3 is 30.2 Å². The van der Waals surface area contributed by atoms with Gasteiger partial charge in [0.25, 0.3) is 5.91 Å². The third-order valence-electron chi connectivity index (χ3n) is 5.16. The normalized spacial score (nSPS) is 13.6. The molecule has 1 aliphatic rings. The predicted molar refractivity (Wildman–Crippen MR) is 121 cm³/mol. The van der Waals surface area contributed by atoms with Gasteiger partial charge >= 0.3 is 0 Å². The number of nitrogens with one attached hydrogen (secondary N) is 3. The number of rotatable bonds is 7. The number of nitrogens with zero attached hydrogens (tertiary/aromatic N) is 4. The highest BCUT2D eigenvalue weighted by atomic mass is 19.1. The van der Waals surface area contributed by atoms with Crippen LogP contribution in [0.3, 0.4) is 0 Å². The van der Waals surface area contributed by atoms with Crippen LogP contribution in [-0.4, -0.2) is 57.9 Å². The Balaban J connectivity index is 0.00000306. The molecule has 0 saturated carbocycles. The molecule has 3 aromatic rings. The van der Waals surface area contributed by atoms with Crippen molar-refractivity contribution in [1.29, 1.82) is 5.41 Å². The molecule has 0 atom stereocenters. The molecule has 1 amide bonds. The first-order chi connectivity index (χ1) is 15.5. The fourth-order valence-corrected chi connectivity index (χ4v) is 3.42. The molecule has 0 bridgehead atoms. The van der Waals surface area contributed by atoms with Crippen LogP contribution in [0, 0.1) is 11.2 Å². The molecular weight excluding hydrogens is 413 g/mol. The van der Waals surface area contributed by atoms with Gasteiger partial charge in [-0.2, -0.15) is 4.98 Å². The topological polar surface area (TPSA) is 108 Å². The van der Waals surface area contributed by atoms with E-state index >= 15 is 0 Å². The zero-order valence-corrected chi connectivity index (χ0v) is 17.6. The molecule has 1 fully saturated rings. The van der Waals surface area contributed by atoms with Gasteiger partial charge in [-0.05, 0) is 12.1 Å². The van der Waals surface area contributed by atoms with Crippen LogP contribution in [0.1, 0.15) is 23.0 Å².